The van der Waals surface area contributed by atoms with Crippen LogP contribution in [0.25, 0.3) is 0 Å². The first-order chi connectivity index (χ1) is 52.6. The van der Waals surface area contributed by atoms with Gasteiger partial charge in [-0.05, 0) is 89.9 Å². The fourth-order valence-electron chi connectivity index (χ4n) is 14.0. The summed E-state index contributed by atoms with van der Waals surface area (Å²) >= 11 is 0. The molecule has 14 nitrogen and oxygen atoms in total. The Hall–Kier alpha value is -3.61. The van der Waals surface area contributed by atoms with E-state index >= 15 is 0 Å². The Labute approximate surface area is 654 Å². The number of rotatable bonds is 74. The Morgan fingerprint density at radius 2 is 0.645 bits per heavy atom. The van der Waals surface area contributed by atoms with Crippen molar-refractivity contribution in [1.29, 1.82) is 0 Å². The quantitative estimate of drug-likeness (QED) is 0.0204. The van der Waals surface area contributed by atoms with Gasteiger partial charge in [-0.15, -0.1) is 0 Å². The molecule has 2 heterocycles. The van der Waals surface area contributed by atoms with Gasteiger partial charge in [-0.1, -0.05) is 392 Å². The molecular formula is C93H163NO13. The predicted octanol–water partition coefficient (Wildman–Crippen LogP) is 21.5. The normalized spacial score (nSPS) is 21.8. The van der Waals surface area contributed by atoms with Crippen LogP contribution in [0.2, 0.25) is 0 Å². The van der Waals surface area contributed by atoms with Crippen LogP contribution in [0.1, 0.15) is 367 Å². The maximum absolute atomic E-state index is 13.4. The Morgan fingerprint density at radius 1 is 0.346 bits per heavy atom. The molecule has 12 unspecified atom stereocenters. The minimum absolute atomic E-state index is 0.211. The van der Waals surface area contributed by atoms with Gasteiger partial charge >= 0.3 is 0 Å². The lowest BCUT2D eigenvalue weighted by Crippen LogP contribution is -2.65. The molecule has 2 saturated heterocycles. The second kappa shape index (κ2) is 75.1. The molecule has 107 heavy (non-hydrogen) atoms. The van der Waals surface area contributed by atoms with Gasteiger partial charge in [0.05, 0.1) is 32.0 Å². The molecule has 0 aromatic carbocycles. The number of hydrogen-bond donors (Lipinski definition) is 9. The lowest BCUT2D eigenvalue weighted by atomic mass is 9.97. The van der Waals surface area contributed by atoms with E-state index in [1.165, 1.54) is 218 Å². The molecule has 0 spiro atoms. The third-order valence-corrected chi connectivity index (χ3v) is 20.9. The molecule has 2 rings (SSSR count). The van der Waals surface area contributed by atoms with E-state index in [4.69, 9.17) is 18.9 Å². The van der Waals surface area contributed by atoms with E-state index in [0.717, 1.165) is 116 Å². The van der Waals surface area contributed by atoms with Crippen molar-refractivity contribution < 1.29 is 64.6 Å². The molecule has 0 aromatic rings. The van der Waals surface area contributed by atoms with Crippen molar-refractivity contribution in [1.82, 2.24) is 5.32 Å². The maximum Gasteiger partial charge on any atom is 0.220 e. The third-order valence-electron chi connectivity index (χ3n) is 20.9. The SMILES string of the molecule is CC/C=C\C/C=C\C/C=C\C/C=C\C/C=C\C/C=C\C/C=C\C/C=C\C/C=C\C/C=C\CCCCCCCCCCCCC(=O)NC(COC1OC(CO)C(OC2OC(CO)C(O)C(O)C2O)C(O)C1O)C(O)CCCCCCCCCCCCCCCCCCCCCCCCCCCCCCCCCC. The summed E-state index contributed by atoms with van der Waals surface area (Å²) in [7, 11) is 0. The average Bonchev–Trinajstić information content (AvgIpc) is 0.789. The molecule has 0 radical (unpaired) electrons. The van der Waals surface area contributed by atoms with Crippen LogP contribution in [0, 0.1) is 0 Å². The first-order valence-corrected chi connectivity index (χ1v) is 44.3. The van der Waals surface area contributed by atoms with Crippen LogP contribution in [-0.4, -0.2) is 140 Å². The smallest absolute Gasteiger partial charge is 0.220 e. The Bertz CT molecular complexity index is 2270. The predicted molar refractivity (Wildman–Crippen MR) is 447 cm³/mol. The molecule has 9 N–H and O–H groups in total. The minimum Gasteiger partial charge on any atom is -0.394 e. The van der Waals surface area contributed by atoms with Gasteiger partial charge in [-0.25, -0.2) is 0 Å². The van der Waals surface area contributed by atoms with Gasteiger partial charge in [0.15, 0.2) is 12.6 Å². The number of amides is 1. The standard InChI is InChI=1S/C93H163NO13/c1-3-5-7-9-11-13-15-17-19-21-23-25-27-29-31-33-35-37-38-39-40-41-42-43-44-45-47-49-51-53-55-57-59-61-63-65-67-69-71-73-75-77-85(98)94-81(80-104-92-90(103)88(101)91(84(79-96)106-92)107-93-89(102)87(100)86(99)83(78-95)105-93)82(97)76-74-72-70-68-66-64-62-60-58-56-54-52-50-48-46-36-34-32-30-28-26-24-22-20-18-16-14-12-10-8-6-4-2/h5,7,11,13,17,19,23,25,29,31,35,37,39-40,42-43,45,47,51,53,81-84,86-93,95-97,99-103H,3-4,6,8-10,12,14-16,18,20-22,24,26-28,30,32-34,36,38,41,44,46,48-50,52,54-80H2,1-2H3,(H,94,98)/b7-5-,13-11-,19-17-,25-23-,31-29-,37-35-,40-39-,43-42-,47-45-,53-51-. The fraction of sp³-hybridized carbons (Fsp3) is 0.774. The second-order valence-electron chi connectivity index (χ2n) is 30.6. The summed E-state index contributed by atoms with van der Waals surface area (Å²) in [6.07, 6.45) is 93.9. The molecule has 0 aliphatic carbocycles. The fourth-order valence-corrected chi connectivity index (χ4v) is 14.0. The zero-order chi connectivity index (χ0) is 77.2. The van der Waals surface area contributed by atoms with Gasteiger partial charge in [-0.3, -0.25) is 4.79 Å². The zero-order valence-corrected chi connectivity index (χ0v) is 68.1. The first-order valence-electron chi connectivity index (χ1n) is 44.3. The van der Waals surface area contributed by atoms with Crippen LogP contribution in [0.3, 0.4) is 0 Å². The monoisotopic (exact) mass is 1500 g/mol. The van der Waals surface area contributed by atoms with Gasteiger partial charge in [0.2, 0.25) is 5.91 Å². The number of allylic oxidation sites excluding steroid dienone is 20. The number of ether oxygens (including phenoxy) is 4. The molecule has 2 fully saturated rings. The van der Waals surface area contributed by atoms with Crippen LogP contribution in [0.15, 0.2) is 122 Å². The highest BCUT2D eigenvalue weighted by atomic mass is 16.7. The van der Waals surface area contributed by atoms with E-state index in [0.29, 0.717) is 19.3 Å². The summed E-state index contributed by atoms with van der Waals surface area (Å²) in [6, 6.07) is -0.842. The molecule has 0 saturated carbocycles. The summed E-state index contributed by atoms with van der Waals surface area (Å²) in [5.41, 5.74) is 0. The number of carbonyl (C=O) groups excluding carboxylic acids is 1. The summed E-state index contributed by atoms with van der Waals surface area (Å²) in [4.78, 5) is 13.4. The van der Waals surface area contributed by atoms with Gasteiger partial charge in [0, 0.05) is 6.42 Å². The van der Waals surface area contributed by atoms with Crippen molar-refractivity contribution in [3.05, 3.63) is 122 Å². The van der Waals surface area contributed by atoms with E-state index in [1.807, 2.05) is 0 Å². The molecular weight excluding hydrogens is 1340 g/mol. The number of aliphatic hydroxyl groups is 8. The molecule has 14 heteroatoms. The van der Waals surface area contributed by atoms with Gasteiger partial charge in [-0.2, -0.15) is 0 Å². The number of carbonyl (C=O) groups is 1. The summed E-state index contributed by atoms with van der Waals surface area (Å²) in [5.74, 6) is -0.211. The lowest BCUT2D eigenvalue weighted by molar-refractivity contribution is -0.359. The van der Waals surface area contributed by atoms with Gasteiger partial charge in [0.25, 0.3) is 0 Å². The van der Waals surface area contributed by atoms with E-state index < -0.39 is 86.8 Å². The maximum atomic E-state index is 13.4. The zero-order valence-electron chi connectivity index (χ0n) is 68.1. The Kier molecular flexibility index (Phi) is 69.8. The molecule has 12 atom stereocenters. The topological polar surface area (TPSA) is 228 Å². The van der Waals surface area contributed by atoms with Crippen LogP contribution in [0.4, 0.5) is 0 Å². The Balaban J connectivity index is 1.59. The number of nitrogens with one attached hydrogen (secondary N) is 1. The first kappa shape index (κ1) is 99.5. The Morgan fingerprint density at radius 3 is 0.991 bits per heavy atom. The average molecular weight is 1500 g/mol. The number of unbranched alkanes of at least 4 members (excludes halogenated alkanes) is 41. The van der Waals surface area contributed by atoms with Crippen LogP contribution >= 0.6 is 0 Å². The van der Waals surface area contributed by atoms with Crippen molar-refractivity contribution >= 4 is 5.91 Å². The molecule has 2 aliphatic heterocycles. The largest absolute Gasteiger partial charge is 0.394 e. The van der Waals surface area contributed by atoms with Gasteiger partial charge in [0.1, 0.15) is 48.8 Å². The van der Waals surface area contributed by atoms with E-state index in [2.05, 4.69) is 141 Å². The van der Waals surface area contributed by atoms with E-state index in [9.17, 15) is 45.6 Å². The molecule has 618 valence electrons. The van der Waals surface area contributed by atoms with E-state index in [-0.39, 0.29) is 12.5 Å². The summed E-state index contributed by atoms with van der Waals surface area (Å²) < 4.78 is 23.0. The van der Waals surface area contributed by atoms with Crippen LogP contribution in [0.5, 0.6) is 0 Å². The number of hydrogen-bond acceptors (Lipinski definition) is 13. The highest BCUT2D eigenvalue weighted by Crippen LogP contribution is 2.31. The minimum atomic E-state index is -1.79. The lowest BCUT2D eigenvalue weighted by Gasteiger charge is -2.46. The van der Waals surface area contributed by atoms with Crippen molar-refractivity contribution in [2.24, 2.45) is 0 Å². The second-order valence-corrected chi connectivity index (χ2v) is 30.6. The van der Waals surface area contributed by atoms with Crippen LogP contribution < -0.4 is 5.32 Å². The molecule has 0 bridgehead atoms. The number of aliphatic hydroxyl groups excluding tert-OH is 8. The molecule has 2 aliphatic rings. The summed E-state index contributed by atoms with van der Waals surface area (Å²) in [5, 5.41) is 88.0. The van der Waals surface area contributed by atoms with Crippen molar-refractivity contribution in [3.63, 3.8) is 0 Å². The van der Waals surface area contributed by atoms with Crippen molar-refractivity contribution in [3.8, 4) is 0 Å². The highest BCUT2D eigenvalue weighted by molar-refractivity contribution is 5.76. The molecule has 0 aromatic heterocycles. The summed E-state index contributed by atoms with van der Waals surface area (Å²) in [6.45, 7) is 2.79. The van der Waals surface area contributed by atoms with Crippen LogP contribution in [-0.2, 0) is 23.7 Å². The van der Waals surface area contributed by atoms with Gasteiger partial charge < -0.3 is 65.1 Å². The van der Waals surface area contributed by atoms with Crippen molar-refractivity contribution in [2.45, 2.75) is 441 Å². The third kappa shape index (κ3) is 57.1. The van der Waals surface area contributed by atoms with Crippen molar-refractivity contribution in [2.75, 3.05) is 19.8 Å². The highest BCUT2D eigenvalue weighted by Gasteiger charge is 2.51. The van der Waals surface area contributed by atoms with E-state index in [1.54, 1.807) is 0 Å². The molecule has 1 amide bonds.